The molecule has 1 fully saturated rings. The number of nitrogens with zero attached hydrogens (tertiary/aromatic N) is 2. The van der Waals surface area contributed by atoms with E-state index in [-0.39, 0.29) is 16.4 Å². The number of rotatable bonds is 11. The van der Waals surface area contributed by atoms with Crippen LogP contribution >= 0.6 is 0 Å². The molecule has 1 aliphatic heterocycles. The molecule has 2 aromatic carbocycles. The van der Waals surface area contributed by atoms with Gasteiger partial charge < -0.3 is 9.64 Å². The molecular weight excluding hydrogens is 404 g/mol. The van der Waals surface area contributed by atoms with Crippen molar-refractivity contribution < 1.29 is 14.5 Å². The van der Waals surface area contributed by atoms with Gasteiger partial charge in [0.05, 0.1) is 4.92 Å². The van der Waals surface area contributed by atoms with Crippen LogP contribution in [0.25, 0.3) is 0 Å². The van der Waals surface area contributed by atoms with Crippen LogP contribution in [0, 0.1) is 16.0 Å². The quantitative estimate of drug-likeness (QED) is 0.288. The van der Waals surface area contributed by atoms with Gasteiger partial charge in [0.2, 0.25) is 0 Å². The van der Waals surface area contributed by atoms with E-state index >= 15 is 0 Å². The fourth-order valence-electron chi connectivity index (χ4n) is 4.35. The van der Waals surface area contributed by atoms with Gasteiger partial charge in [-0.2, -0.15) is 0 Å². The Morgan fingerprint density at radius 1 is 1.06 bits per heavy atom. The van der Waals surface area contributed by atoms with Gasteiger partial charge in [-0.15, -0.1) is 0 Å². The number of carbonyl (C=O) groups excluding carboxylic acids is 1. The third kappa shape index (κ3) is 6.55. The summed E-state index contributed by atoms with van der Waals surface area (Å²) in [7, 11) is 0. The van der Waals surface area contributed by atoms with Crippen LogP contribution in [0.1, 0.15) is 64.4 Å². The monoisotopic (exact) mass is 438 g/mol. The van der Waals surface area contributed by atoms with Crippen LogP contribution in [-0.4, -0.2) is 23.8 Å². The van der Waals surface area contributed by atoms with Crippen LogP contribution in [0.5, 0.6) is 11.5 Å². The van der Waals surface area contributed by atoms with Crippen molar-refractivity contribution in [2.75, 3.05) is 18.0 Å². The molecule has 0 atom stereocenters. The molecule has 0 aromatic heterocycles. The molecule has 3 rings (SSSR count). The predicted octanol–water partition coefficient (Wildman–Crippen LogP) is 6.71. The second-order valence-electron chi connectivity index (χ2n) is 8.69. The Bertz CT molecular complexity index is 903. The van der Waals surface area contributed by atoms with Crippen LogP contribution in [-0.2, 0) is 11.2 Å². The number of benzene rings is 2. The first kappa shape index (κ1) is 23.8. The van der Waals surface area contributed by atoms with Gasteiger partial charge in [-0.05, 0) is 48.9 Å². The average molecular weight is 439 g/mol. The molecule has 0 unspecified atom stereocenters. The molecule has 0 saturated carbocycles. The molecule has 0 radical (unpaired) electrons. The maximum atomic E-state index is 12.0. The minimum Gasteiger partial charge on any atom is -0.457 e. The second-order valence-corrected chi connectivity index (χ2v) is 8.69. The Balaban J connectivity index is 1.69. The van der Waals surface area contributed by atoms with Crippen molar-refractivity contribution in [3.8, 4) is 11.5 Å². The van der Waals surface area contributed by atoms with Crippen LogP contribution in [0.2, 0.25) is 0 Å². The van der Waals surface area contributed by atoms with Gasteiger partial charge >= 0.3 is 0 Å². The van der Waals surface area contributed by atoms with Gasteiger partial charge in [0.1, 0.15) is 23.0 Å². The summed E-state index contributed by atoms with van der Waals surface area (Å²) in [6.45, 7) is 5.94. The number of carbonyl (C=O) groups is 1. The van der Waals surface area contributed by atoms with Gasteiger partial charge in [0.25, 0.3) is 5.69 Å². The maximum absolute atomic E-state index is 12.0. The molecule has 32 heavy (non-hydrogen) atoms. The highest BCUT2D eigenvalue weighted by atomic mass is 16.6. The number of unbranched alkanes of at least 4 members (excludes halogenated alkanes) is 1. The lowest BCUT2D eigenvalue weighted by atomic mass is 9.92. The summed E-state index contributed by atoms with van der Waals surface area (Å²) in [5.41, 5.74) is 1.71. The Labute approximate surface area is 190 Å². The predicted molar refractivity (Wildman–Crippen MR) is 128 cm³/mol. The summed E-state index contributed by atoms with van der Waals surface area (Å²) in [5.74, 6) is 2.19. The zero-order chi connectivity index (χ0) is 22.9. The molecule has 1 aliphatic rings. The number of anilines is 1. The first-order valence-corrected chi connectivity index (χ1v) is 11.8. The number of ketones is 1. The molecule has 1 saturated heterocycles. The van der Waals surface area contributed by atoms with Gasteiger partial charge in [0.15, 0.2) is 0 Å². The Morgan fingerprint density at radius 2 is 1.75 bits per heavy atom. The zero-order valence-electron chi connectivity index (χ0n) is 19.2. The summed E-state index contributed by atoms with van der Waals surface area (Å²) in [4.78, 5) is 25.4. The minimum atomic E-state index is -0.318. The van der Waals surface area contributed by atoms with Crippen molar-refractivity contribution in [1.82, 2.24) is 0 Å². The van der Waals surface area contributed by atoms with Gasteiger partial charge in [-0.1, -0.05) is 45.2 Å². The summed E-state index contributed by atoms with van der Waals surface area (Å²) < 4.78 is 5.99. The number of Topliss-reactive ketones (excluding diaryl/α,β-unsaturated/α-hetero) is 1. The van der Waals surface area contributed by atoms with E-state index in [9.17, 15) is 14.9 Å². The number of nitro groups is 1. The number of hydrogen-bond acceptors (Lipinski definition) is 5. The number of hydrogen-bond donors (Lipinski definition) is 0. The molecule has 2 aromatic rings. The van der Waals surface area contributed by atoms with Crippen LogP contribution in [0.15, 0.2) is 42.5 Å². The summed E-state index contributed by atoms with van der Waals surface area (Å²) in [5, 5.41) is 11.6. The third-order valence-electron chi connectivity index (χ3n) is 6.17. The molecule has 6 nitrogen and oxygen atoms in total. The largest absolute Gasteiger partial charge is 0.457 e. The maximum Gasteiger partial charge on any atom is 0.292 e. The number of piperidine rings is 1. The summed E-state index contributed by atoms with van der Waals surface area (Å²) in [6.07, 6.45) is 7.54. The van der Waals surface area contributed by atoms with Crippen LogP contribution < -0.4 is 9.64 Å². The fraction of sp³-hybridized carbons (Fsp3) is 0.500. The van der Waals surface area contributed by atoms with Crippen molar-refractivity contribution >= 4 is 17.2 Å². The lowest BCUT2D eigenvalue weighted by Crippen LogP contribution is -2.34. The van der Waals surface area contributed by atoms with Gasteiger partial charge in [0, 0.05) is 38.1 Å². The molecule has 0 amide bonds. The number of nitro benzene ring substituents is 1. The standard InChI is InChI=1S/C26H34N2O4/c1-3-5-7-22(29)18-21-8-10-23(11-9-21)32-24-12-13-25(28(30)31)26(19-24)27-16-14-20(6-4-2)15-17-27/h8-13,19-20H,3-7,14-18H2,1-2H3. The minimum absolute atomic E-state index is 0.118. The van der Waals surface area contributed by atoms with E-state index in [0.29, 0.717) is 35.9 Å². The highest BCUT2D eigenvalue weighted by Crippen LogP contribution is 2.36. The lowest BCUT2D eigenvalue weighted by molar-refractivity contribution is -0.384. The molecule has 0 bridgehead atoms. The van der Waals surface area contributed by atoms with E-state index in [1.165, 1.54) is 18.9 Å². The smallest absolute Gasteiger partial charge is 0.292 e. The molecule has 0 aliphatic carbocycles. The normalized spacial score (nSPS) is 14.4. The van der Waals surface area contributed by atoms with Crippen molar-refractivity contribution in [2.45, 2.75) is 65.2 Å². The lowest BCUT2D eigenvalue weighted by Gasteiger charge is -2.33. The highest BCUT2D eigenvalue weighted by Gasteiger charge is 2.25. The molecule has 0 spiro atoms. The fourth-order valence-corrected chi connectivity index (χ4v) is 4.35. The summed E-state index contributed by atoms with van der Waals surface area (Å²) in [6, 6.07) is 12.5. The summed E-state index contributed by atoms with van der Waals surface area (Å²) >= 11 is 0. The van der Waals surface area contributed by atoms with Crippen LogP contribution in [0.3, 0.4) is 0 Å². The van der Waals surface area contributed by atoms with E-state index in [0.717, 1.165) is 44.3 Å². The van der Waals surface area contributed by atoms with Crippen molar-refractivity contribution in [1.29, 1.82) is 0 Å². The Morgan fingerprint density at radius 3 is 2.38 bits per heavy atom. The van der Waals surface area contributed by atoms with E-state index < -0.39 is 0 Å². The Hall–Kier alpha value is -2.89. The molecular formula is C26H34N2O4. The SMILES string of the molecule is CCCCC(=O)Cc1ccc(Oc2ccc([N+](=O)[O-])c(N3CCC(CCC)CC3)c2)cc1. The molecule has 0 N–H and O–H groups in total. The Kier molecular flexibility index (Phi) is 8.65. The highest BCUT2D eigenvalue weighted by molar-refractivity contribution is 5.80. The van der Waals surface area contributed by atoms with E-state index in [2.05, 4.69) is 18.7 Å². The molecule has 6 heteroatoms. The first-order valence-electron chi connectivity index (χ1n) is 11.8. The van der Waals surface area contributed by atoms with Gasteiger partial charge in [-0.3, -0.25) is 14.9 Å². The van der Waals surface area contributed by atoms with Crippen molar-refractivity contribution in [3.63, 3.8) is 0 Å². The van der Waals surface area contributed by atoms with Crippen molar-refractivity contribution in [3.05, 3.63) is 58.1 Å². The number of ether oxygens (including phenoxy) is 1. The van der Waals surface area contributed by atoms with Crippen LogP contribution in [0.4, 0.5) is 11.4 Å². The molecule has 1 heterocycles. The van der Waals surface area contributed by atoms with Crippen molar-refractivity contribution in [2.24, 2.45) is 5.92 Å². The molecule has 172 valence electrons. The topological polar surface area (TPSA) is 72.7 Å². The third-order valence-corrected chi connectivity index (χ3v) is 6.17. The average Bonchev–Trinajstić information content (AvgIpc) is 2.79. The van der Waals surface area contributed by atoms with E-state index in [1.54, 1.807) is 12.1 Å². The van der Waals surface area contributed by atoms with E-state index in [1.807, 2.05) is 24.3 Å². The van der Waals surface area contributed by atoms with Gasteiger partial charge in [-0.25, -0.2) is 0 Å². The first-order chi connectivity index (χ1) is 15.5. The second kappa shape index (κ2) is 11.7. The van der Waals surface area contributed by atoms with E-state index in [4.69, 9.17) is 4.74 Å². The zero-order valence-corrected chi connectivity index (χ0v) is 19.2.